The van der Waals surface area contributed by atoms with Gasteiger partial charge in [0.1, 0.15) is 0 Å². The first-order valence-electron chi connectivity index (χ1n) is 11.8. The average molecular weight is 581 g/mol. The molecule has 0 aliphatic rings. The molecule has 0 aliphatic carbocycles. The highest BCUT2D eigenvalue weighted by Crippen LogP contribution is 2.35. The van der Waals surface area contributed by atoms with Crippen LogP contribution in [0.3, 0.4) is 0 Å². The van der Waals surface area contributed by atoms with Gasteiger partial charge in [-0.3, -0.25) is 4.79 Å². The molecular formula is C28H22Cl2N4O4S. The van der Waals surface area contributed by atoms with Gasteiger partial charge < -0.3 is 9.84 Å². The van der Waals surface area contributed by atoms with E-state index in [1.165, 1.54) is 24.3 Å². The van der Waals surface area contributed by atoms with Crippen molar-refractivity contribution in [2.75, 3.05) is 10.0 Å². The average Bonchev–Trinajstić information content (AvgIpc) is 3.20. The molecule has 198 valence electrons. The minimum Gasteiger partial charge on any atom is -0.337 e. The fourth-order valence-corrected chi connectivity index (χ4v) is 5.69. The summed E-state index contributed by atoms with van der Waals surface area (Å²) in [7, 11) is -3.93. The predicted molar refractivity (Wildman–Crippen MR) is 153 cm³/mol. The SMILES string of the molecule is Cc1noc(NS(=O)(=O)c2ccc(NC(=O)c3c(C)c(-c4ccc(Cl)cc4Cl)nc4ccccc34)cc2)c1C. The van der Waals surface area contributed by atoms with Crippen molar-refractivity contribution < 1.29 is 17.7 Å². The fourth-order valence-electron chi connectivity index (χ4n) is 4.15. The van der Waals surface area contributed by atoms with Gasteiger partial charge in [0.2, 0.25) is 5.88 Å². The number of carbonyl (C=O) groups is 1. The quantitative estimate of drug-likeness (QED) is 0.220. The summed E-state index contributed by atoms with van der Waals surface area (Å²) in [6, 6.07) is 18.3. The van der Waals surface area contributed by atoms with Crippen molar-refractivity contribution in [2.24, 2.45) is 0 Å². The summed E-state index contributed by atoms with van der Waals surface area (Å²) >= 11 is 12.6. The number of aromatic nitrogens is 2. The minimum atomic E-state index is -3.93. The summed E-state index contributed by atoms with van der Waals surface area (Å²) in [5, 5.41) is 8.21. The van der Waals surface area contributed by atoms with Gasteiger partial charge in [-0.05, 0) is 74.9 Å². The van der Waals surface area contributed by atoms with Gasteiger partial charge in [-0.25, -0.2) is 18.1 Å². The highest BCUT2D eigenvalue weighted by atomic mass is 35.5. The number of halogens is 2. The molecule has 11 heteroatoms. The van der Waals surface area contributed by atoms with Crippen LogP contribution in [0, 0.1) is 20.8 Å². The summed E-state index contributed by atoms with van der Waals surface area (Å²) in [5.41, 5.74) is 4.50. The number of nitrogens with one attached hydrogen (secondary N) is 2. The maximum absolute atomic E-state index is 13.6. The Hall–Kier alpha value is -3.92. The van der Waals surface area contributed by atoms with E-state index in [-0.39, 0.29) is 16.7 Å². The number of amides is 1. The largest absolute Gasteiger partial charge is 0.337 e. The lowest BCUT2D eigenvalue weighted by atomic mass is 9.97. The first-order valence-corrected chi connectivity index (χ1v) is 14.0. The molecule has 5 aromatic rings. The molecule has 2 aromatic heterocycles. The van der Waals surface area contributed by atoms with Gasteiger partial charge in [0.05, 0.1) is 32.4 Å². The Kier molecular flexibility index (Phi) is 7.07. The fraction of sp³-hybridized carbons (Fsp3) is 0.107. The monoisotopic (exact) mass is 580 g/mol. The van der Waals surface area contributed by atoms with Crippen molar-refractivity contribution in [3.05, 3.63) is 99.2 Å². The van der Waals surface area contributed by atoms with Crippen LogP contribution in [0.5, 0.6) is 0 Å². The van der Waals surface area contributed by atoms with Crippen molar-refractivity contribution in [2.45, 2.75) is 25.7 Å². The Labute approximate surface area is 235 Å². The lowest BCUT2D eigenvalue weighted by Gasteiger charge is -2.16. The number of fused-ring (bicyclic) bond motifs is 1. The van der Waals surface area contributed by atoms with Gasteiger partial charge in [-0.15, -0.1) is 0 Å². The third kappa shape index (κ3) is 5.21. The van der Waals surface area contributed by atoms with Gasteiger partial charge >= 0.3 is 0 Å². The van der Waals surface area contributed by atoms with Crippen molar-refractivity contribution in [3.8, 4) is 11.3 Å². The maximum atomic E-state index is 13.6. The third-order valence-corrected chi connectivity index (χ3v) is 8.25. The van der Waals surface area contributed by atoms with E-state index in [1.54, 1.807) is 32.0 Å². The maximum Gasteiger partial charge on any atom is 0.264 e. The lowest BCUT2D eigenvalue weighted by molar-refractivity contribution is 0.102. The normalized spacial score (nSPS) is 11.5. The molecule has 1 amide bonds. The molecule has 0 radical (unpaired) electrons. The Balaban J connectivity index is 1.47. The highest BCUT2D eigenvalue weighted by Gasteiger charge is 2.22. The van der Waals surface area contributed by atoms with Crippen LogP contribution < -0.4 is 10.0 Å². The number of aryl methyl sites for hydroxylation is 1. The Bertz CT molecular complexity index is 1850. The molecule has 0 aliphatic heterocycles. The van der Waals surface area contributed by atoms with E-state index >= 15 is 0 Å². The molecule has 39 heavy (non-hydrogen) atoms. The molecule has 3 aromatic carbocycles. The highest BCUT2D eigenvalue weighted by molar-refractivity contribution is 7.92. The first kappa shape index (κ1) is 26.7. The number of rotatable bonds is 6. The van der Waals surface area contributed by atoms with Crippen LogP contribution in [-0.2, 0) is 10.0 Å². The standard InChI is InChI=1S/C28H22Cl2N4O4S/c1-15-17(3)33-38-28(15)34-39(36,37)20-11-9-19(10-12-20)31-27(35)25-16(2)26(21-13-8-18(29)14-23(21)30)32-24-7-5-4-6-22(24)25/h4-14,34H,1-3H3,(H,31,35). The molecule has 5 rings (SSSR count). The Morgan fingerprint density at radius 3 is 2.31 bits per heavy atom. The third-order valence-electron chi connectivity index (χ3n) is 6.36. The summed E-state index contributed by atoms with van der Waals surface area (Å²) in [6.07, 6.45) is 0. The van der Waals surface area contributed by atoms with E-state index in [0.717, 1.165) is 0 Å². The number of carbonyl (C=O) groups excluding carboxylic acids is 1. The van der Waals surface area contributed by atoms with E-state index in [0.29, 0.717) is 60.3 Å². The first-order chi connectivity index (χ1) is 18.5. The molecular weight excluding hydrogens is 559 g/mol. The van der Waals surface area contributed by atoms with Gasteiger partial charge in [-0.1, -0.05) is 46.6 Å². The Morgan fingerprint density at radius 2 is 1.64 bits per heavy atom. The van der Waals surface area contributed by atoms with Gasteiger partial charge in [0.25, 0.3) is 15.9 Å². The zero-order valence-electron chi connectivity index (χ0n) is 21.0. The number of hydrogen-bond acceptors (Lipinski definition) is 6. The van der Waals surface area contributed by atoms with E-state index in [9.17, 15) is 13.2 Å². The lowest BCUT2D eigenvalue weighted by Crippen LogP contribution is -2.16. The number of nitrogens with zero attached hydrogens (tertiary/aromatic N) is 2. The van der Waals surface area contributed by atoms with E-state index in [2.05, 4.69) is 15.2 Å². The van der Waals surface area contributed by atoms with Gasteiger partial charge in [0.15, 0.2) is 0 Å². The summed E-state index contributed by atoms with van der Waals surface area (Å²) in [4.78, 5) is 18.4. The summed E-state index contributed by atoms with van der Waals surface area (Å²) < 4.78 is 33.1. The van der Waals surface area contributed by atoms with Crippen molar-refractivity contribution >= 4 is 61.6 Å². The Morgan fingerprint density at radius 1 is 0.923 bits per heavy atom. The van der Waals surface area contributed by atoms with Crippen molar-refractivity contribution in [1.82, 2.24) is 10.1 Å². The number of benzene rings is 3. The molecule has 2 N–H and O–H groups in total. The van der Waals surface area contributed by atoms with E-state index < -0.39 is 10.0 Å². The second-order valence-corrected chi connectivity index (χ2v) is 11.4. The van der Waals surface area contributed by atoms with Gasteiger partial charge in [-0.2, -0.15) is 0 Å². The molecule has 0 atom stereocenters. The predicted octanol–water partition coefficient (Wildman–Crippen LogP) is 7.17. The number of pyridine rings is 1. The molecule has 0 unspecified atom stereocenters. The molecule has 2 heterocycles. The number of para-hydroxylation sites is 1. The number of hydrogen-bond donors (Lipinski definition) is 2. The molecule has 0 spiro atoms. The molecule has 8 nitrogen and oxygen atoms in total. The van der Waals surface area contributed by atoms with Crippen LogP contribution >= 0.6 is 23.2 Å². The smallest absolute Gasteiger partial charge is 0.264 e. The van der Waals surface area contributed by atoms with Crippen LogP contribution in [0.2, 0.25) is 10.0 Å². The number of sulfonamides is 1. The number of anilines is 2. The summed E-state index contributed by atoms with van der Waals surface area (Å²) in [5.74, 6) is -0.319. The second kappa shape index (κ2) is 10.3. The van der Waals surface area contributed by atoms with Crippen molar-refractivity contribution in [3.63, 3.8) is 0 Å². The topological polar surface area (TPSA) is 114 Å². The van der Waals surface area contributed by atoms with Crippen LogP contribution in [0.1, 0.15) is 27.2 Å². The van der Waals surface area contributed by atoms with Crippen LogP contribution in [0.25, 0.3) is 22.2 Å². The van der Waals surface area contributed by atoms with E-state index in [4.69, 9.17) is 32.7 Å². The zero-order valence-corrected chi connectivity index (χ0v) is 23.4. The molecule has 0 bridgehead atoms. The van der Waals surface area contributed by atoms with E-state index in [1.807, 2.05) is 31.2 Å². The second-order valence-electron chi connectivity index (χ2n) is 8.91. The zero-order chi connectivity index (χ0) is 27.9. The van der Waals surface area contributed by atoms with Gasteiger partial charge in [0, 0.05) is 27.2 Å². The van der Waals surface area contributed by atoms with Crippen LogP contribution in [-0.4, -0.2) is 24.5 Å². The molecule has 0 saturated heterocycles. The minimum absolute atomic E-state index is 0.000778. The molecule has 0 saturated carbocycles. The summed E-state index contributed by atoms with van der Waals surface area (Å²) in [6.45, 7) is 5.23. The van der Waals surface area contributed by atoms with Crippen molar-refractivity contribution in [1.29, 1.82) is 0 Å². The van der Waals surface area contributed by atoms with Crippen LogP contribution in [0.4, 0.5) is 11.6 Å². The molecule has 0 fully saturated rings. The van der Waals surface area contributed by atoms with Crippen LogP contribution in [0.15, 0.2) is 76.1 Å².